The molecule has 0 bridgehead atoms. The van der Waals surface area contributed by atoms with Crippen molar-refractivity contribution in [1.82, 2.24) is 0 Å². The number of nitrogens with one attached hydrogen (secondary N) is 1. The number of benzene rings is 2. The molecule has 2 aromatic rings. The first-order valence-electron chi connectivity index (χ1n) is 11.3. The minimum atomic E-state index is -4.90. The lowest BCUT2D eigenvalue weighted by atomic mass is 9.98. The third-order valence-corrected chi connectivity index (χ3v) is 5.71. The van der Waals surface area contributed by atoms with Crippen LogP contribution in [0.15, 0.2) is 42.5 Å². The van der Waals surface area contributed by atoms with E-state index < -0.39 is 24.1 Å². The van der Waals surface area contributed by atoms with Gasteiger partial charge < -0.3 is 19.5 Å². The fraction of sp³-hybridized carbons (Fsp3) is 0.440. The molecule has 11 heteroatoms. The number of alkyl halides is 5. The quantitative estimate of drug-likeness (QED) is 0.262. The zero-order valence-electron chi connectivity index (χ0n) is 19.7. The van der Waals surface area contributed by atoms with Gasteiger partial charge in [0.05, 0.1) is 11.8 Å². The number of halogens is 5. The van der Waals surface area contributed by atoms with E-state index in [2.05, 4.69) is 14.8 Å². The maximum absolute atomic E-state index is 13.1. The van der Waals surface area contributed by atoms with E-state index in [9.17, 15) is 26.7 Å². The maximum Gasteiger partial charge on any atom is 0.573 e. The van der Waals surface area contributed by atoms with Crippen LogP contribution >= 0.6 is 12.2 Å². The first kappa shape index (κ1) is 27.6. The smallest absolute Gasteiger partial charge is 0.490 e. The summed E-state index contributed by atoms with van der Waals surface area (Å²) in [6.07, 6.45) is -4.95. The fourth-order valence-electron chi connectivity index (χ4n) is 4.15. The highest BCUT2D eigenvalue weighted by Crippen LogP contribution is 2.36. The van der Waals surface area contributed by atoms with Crippen molar-refractivity contribution >= 4 is 28.7 Å². The molecule has 2 aromatic carbocycles. The van der Waals surface area contributed by atoms with Gasteiger partial charge in [0.2, 0.25) is 5.91 Å². The zero-order valence-corrected chi connectivity index (χ0v) is 20.5. The van der Waals surface area contributed by atoms with Gasteiger partial charge in [-0.15, -0.1) is 13.2 Å². The summed E-state index contributed by atoms with van der Waals surface area (Å²) < 4.78 is 78.7. The molecule has 0 aromatic heterocycles. The number of thiocarbonyl (C=S) groups is 1. The van der Waals surface area contributed by atoms with Gasteiger partial charge in [-0.3, -0.25) is 4.79 Å². The molecule has 5 nitrogen and oxygen atoms in total. The van der Waals surface area contributed by atoms with Crippen LogP contribution in [0.25, 0.3) is 0 Å². The second-order valence-electron chi connectivity index (χ2n) is 8.78. The van der Waals surface area contributed by atoms with Crippen LogP contribution in [0.1, 0.15) is 45.1 Å². The van der Waals surface area contributed by atoms with Gasteiger partial charge in [-0.05, 0) is 66.3 Å². The second-order valence-corrected chi connectivity index (χ2v) is 9.36. The first-order chi connectivity index (χ1) is 16.8. The van der Waals surface area contributed by atoms with E-state index in [0.717, 1.165) is 29.3 Å². The van der Waals surface area contributed by atoms with Gasteiger partial charge >= 0.3 is 12.5 Å². The molecule has 2 unspecified atom stereocenters. The lowest BCUT2D eigenvalue weighted by Gasteiger charge is -2.18. The van der Waals surface area contributed by atoms with E-state index in [1.165, 1.54) is 25.1 Å². The van der Waals surface area contributed by atoms with Gasteiger partial charge in [-0.1, -0.05) is 24.4 Å². The lowest BCUT2D eigenvalue weighted by Crippen LogP contribution is -2.19. The molecule has 1 amide bonds. The van der Waals surface area contributed by atoms with E-state index in [1.807, 2.05) is 0 Å². The third-order valence-electron chi connectivity index (χ3n) is 5.40. The second kappa shape index (κ2) is 11.4. The van der Waals surface area contributed by atoms with Gasteiger partial charge in [-0.2, -0.15) is 8.78 Å². The summed E-state index contributed by atoms with van der Waals surface area (Å²) in [5.41, 5.74) is 0.638. The Kier molecular flexibility index (Phi) is 8.76. The predicted octanol–water partition coefficient (Wildman–Crippen LogP) is 7.09. The first-order valence-corrected chi connectivity index (χ1v) is 11.7. The van der Waals surface area contributed by atoms with Gasteiger partial charge in [0, 0.05) is 26.3 Å². The summed E-state index contributed by atoms with van der Waals surface area (Å²) >= 11 is 5.53. The maximum atomic E-state index is 13.1. The highest BCUT2D eigenvalue weighted by Gasteiger charge is 2.33. The van der Waals surface area contributed by atoms with Gasteiger partial charge in [0.1, 0.15) is 11.5 Å². The van der Waals surface area contributed by atoms with E-state index >= 15 is 0 Å². The number of ether oxygens (including phenoxy) is 3. The van der Waals surface area contributed by atoms with Crippen LogP contribution < -0.4 is 19.5 Å². The fourth-order valence-corrected chi connectivity index (χ4v) is 4.55. The number of carbonyl (C=O) groups excluding carboxylic acids is 1. The zero-order chi connectivity index (χ0) is 26.5. The normalized spacial score (nSPS) is 18.0. The molecule has 0 radical (unpaired) electrons. The molecule has 3 rings (SSSR count). The van der Waals surface area contributed by atoms with E-state index in [0.29, 0.717) is 31.9 Å². The Labute approximate surface area is 210 Å². The van der Waals surface area contributed by atoms with Crippen molar-refractivity contribution in [3.05, 3.63) is 48.0 Å². The number of carbonyl (C=O) groups is 1. The van der Waals surface area contributed by atoms with E-state index in [4.69, 9.17) is 17.0 Å². The molecule has 1 fully saturated rings. The van der Waals surface area contributed by atoms with Gasteiger partial charge in [0.15, 0.2) is 5.75 Å². The number of amides is 1. The summed E-state index contributed by atoms with van der Waals surface area (Å²) in [7, 11) is 0. The molecule has 0 aliphatic heterocycles. The number of hydrogen-bond donors (Lipinski definition) is 1. The summed E-state index contributed by atoms with van der Waals surface area (Å²) in [6.45, 7) is 1.85. The molecule has 1 N–H and O–H groups in total. The van der Waals surface area contributed by atoms with Crippen LogP contribution in [0.4, 0.5) is 27.6 Å². The molecule has 1 saturated carbocycles. The average molecular weight is 532 g/mol. The highest BCUT2D eigenvalue weighted by atomic mass is 32.1. The topological polar surface area (TPSA) is 56.8 Å². The van der Waals surface area contributed by atoms with Crippen molar-refractivity contribution in [3.8, 4) is 17.2 Å². The molecule has 0 heterocycles. The molecule has 0 saturated heterocycles. The Hall–Kier alpha value is -2.95. The summed E-state index contributed by atoms with van der Waals surface area (Å²) in [5, 5.41) is 2.32. The van der Waals surface area contributed by atoms with Crippen molar-refractivity contribution in [2.75, 3.05) is 5.32 Å². The summed E-state index contributed by atoms with van der Waals surface area (Å²) in [6, 6.07) is 10.2. The van der Waals surface area contributed by atoms with Crippen LogP contribution in [0.2, 0.25) is 0 Å². The third kappa shape index (κ3) is 9.25. The Morgan fingerprint density at radius 3 is 2.47 bits per heavy atom. The molecule has 1 aliphatic carbocycles. The molecular formula is C25H26F5NO4S. The molecule has 0 spiro atoms. The number of anilines is 1. The van der Waals surface area contributed by atoms with Crippen molar-refractivity contribution in [3.63, 3.8) is 0 Å². The Bertz CT molecular complexity index is 1090. The van der Waals surface area contributed by atoms with E-state index in [-0.39, 0.29) is 23.5 Å². The minimum absolute atomic E-state index is 0.0717. The Balaban J connectivity index is 1.55. The summed E-state index contributed by atoms with van der Waals surface area (Å²) in [4.78, 5) is 12.2. The van der Waals surface area contributed by atoms with Crippen LogP contribution in [-0.2, 0) is 11.2 Å². The van der Waals surface area contributed by atoms with Crippen molar-refractivity contribution in [2.45, 2.75) is 64.5 Å². The van der Waals surface area contributed by atoms with Crippen LogP contribution in [0.5, 0.6) is 17.2 Å². The number of hydrogen-bond acceptors (Lipinski definition) is 5. The van der Waals surface area contributed by atoms with Crippen LogP contribution in [-0.4, -0.2) is 29.3 Å². The minimum Gasteiger partial charge on any atom is -0.490 e. The highest BCUT2D eigenvalue weighted by molar-refractivity contribution is 7.80. The molecular weight excluding hydrogens is 505 g/mol. The molecule has 36 heavy (non-hydrogen) atoms. The Morgan fingerprint density at radius 1 is 1.06 bits per heavy atom. The van der Waals surface area contributed by atoms with Crippen LogP contribution in [0.3, 0.4) is 0 Å². The molecule has 196 valence electrons. The lowest BCUT2D eigenvalue weighted by molar-refractivity contribution is -0.274. The predicted molar refractivity (Wildman–Crippen MR) is 128 cm³/mol. The largest absolute Gasteiger partial charge is 0.573 e. The van der Waals surface area contributed by atoms with Crippen molar-refractivity contribution in [1.29, 1.82) is 0 Å². The SMILES string of the molecule is CC(=O)Nc1cc(OC2CCC(CC(=S)Cc3cccc(OC(C)(F)F)c3)C2)ccc1OC(F)(F)F. The van der Waals surface area contributed by atoms with E-state index in [1.54, 1.807) is 18.2 Å². The number of rotatable bonds is 10. The van der Waals surface area contributed by atoms with Crippen molar-refractivity contribution in [2.24, 2.45) is 5.92 Å². The summed E-state index contributed by atoms with van der Waals surface area (Å²) in [5.74, 6) is -0.441. The van der Waals surface area contributed by atoms with Crippen LogP contribution in [0, 0.1) is 5.92 Å². The molecule has 2 atom stereocenters. The molecule has 1 aliphatic rings. The van der Waals surface area contributed by atoms with Crippen molar-refractivity contribution < 1.29 is 41.0 Å². The monoisotopic (exact) mass is 531 g/mol. The Morgan fingerprint density at radius 2 is 1.81 bits per heavy atom. The van der Waals surface area contributed by atoms with Gasteiger partial charge in [-0.25, -0.2) is 0 Å². The average Bonchev–Trinajstić information content (AvgIpc) is 3.14. The standard InChI is InChI=1S/C25H26F5NO4S/c1-15(32)31-22-14-19(8-9-23(22)35-25(28,29)30)33-18-7-6-17(10-18)13-21(36)12-16-4-3-5-20(11-16)34-24(2,26)27/h3-5,8-9,11,14,17-18H,6-7,10,12-13H2,1-2H3,(H,31,32). The van der Waals surface area contributed by atoms with Gasteiger partial charge in [0.25, 0.3) is 0 Å².